The predicted molar refractivity (Wildman–Crippen MR) is 492 cm³/mol. The van der Waals surface area contributed by atoms with Gasteiger partial charge in [0.1, 0.15) is 18.4 Å². The van der Waals surface area contributed by atoms with Crippen molar-refractivity contribution in [2.24, 2.45) is 0 Å². The van der Waals surface area contributed by atoms with Crippen molar-refractivity contribution >= 4 is 110 Å². The van der Waals surface area contributed by atoms with Crippen LogP contribution in [0.4, 0.5) is 44.2 Å². The zero-order valence-corrected chi connectivity index (χ0v) is 70.5. The van der Waals surface area contributed by atoms with Gasteiger partial charge in [-0.05, 0) is 247 Å². The Morgan fingerprint density at radius 2 is 0.683 bits per heavy atom. The molecule has 5 aliphatic rings. The largest absolute Gasteiger partial charge is 0.466 e. The molecule has 10 aromatic rings. The lowest BCUT2D eigenvalue weighted by atomic mass is 10.1. The van der Waals surface area contributed by atoms with E-state index in [0.29, 0.717) is 43.6 Å². The highest BCUT2D eigenvalue weighted by atomic mass is 19.1. The van der Waals surface area contributed by atoms with E-state index in [0.717, 1.165) is 116 Å². The summed E-state index contributed by atoms with van der Waals surface area (Å²) in [6.07, 6.45) is 40.4. The molecule has 0 spiro atoms. The quantitative estimate of drug-likeness (QED) is 0.0393. The Kier molecular flexibility index (Phi) is 38.9. The Bertz CT molecular complexity index is 4750. The van der Waals surface area contributed by atoms with Crippen LogP contribution in [0.3, 0.4) is 0 Å². The Morgan fingerprint density at radius 1 is 0.367 bits per heavy atom. The zero-order valence-electron chi connectivity index (χ0n) is 70.5. The maximum atomic E-state index is 12.3. The number of nitrogens with zero attached hydrogens (tertiary/aromatic N) is 7. The number of carbonyl (C=O) groups is 6. The molecule has 8 aromatic carbocycles. The summed E-state index contributed by atoms with van der Waals surface area (Å²) in [4.78, 5) is 88.7. The average Bonchev–Trinajstić information content (AvgIpc) is 0.907. The van der Waals surface area contributed by atoms with Crippen LogP contribution in [0, 0.1) is 5.82 Å². The van der Waals surface area contributed by atoms with Gasteiger partial charge in [0.2, 0.25) is 11.8 Å². The third kappa shape index (κ3) is 32.2. The standard InChI is InChI=1S/C24H27N3O.C24H25N3O.C17H25NO2.C17H23NO2.C13H17NO.C7H5FO/c2*28-24(26-21-17-20-7-3-4-8-23(20)25-18-21)14-11-19-9-12-22(13-10-19)27-15-5-1-2-6-16-27;2*1-2-20-17(19)12-9-15-7-10-16(11-8-15)18-13-5-3-4-6-14-18;15-11-12-5-7-13(8-6-12)14-9-3-1-2-4-10-14;8-7-3-1-6(5-9)2-4-7/h3-4,7-10,12-13,17-18H,1-2,5-6,11,14-16H2,(H,26,28);3-4,7-14,17-18H,1-2,5-6,15-16H2,(H,26,28);7-8,10-11H,2-6,9,12-14H2,1H3;7-12H,2-6,13-14H2,1H3;5-8,11H,1-4,9-10H2;1-5H/b;14-11+;;12-9+;;. The second-order valence-corrected chi connectivity index (χ2v) is 31.0. The number of halogens is 1. The first-order valence-corrected chi connectivity index (χ1v) is 43.7. The maximum absolute atomic E-state index is 12.3. The molecule has 5 fully saturated rings. The number of carbonyl (C=O) groups excluding carboxylic acids is 6. The number of anilines is 7. The van der Waals surface area contributed by atoms with Gasteiger partial charge in [-0.2, -0.15) is 0 Å². The molecular weight excluding hydrogens is 1500 g/mol. The number of aldehydes is 2. The minimum absolute atomic E-state index is 0.0219. The topological polar surface area (TPSA) is 187 Å². The molecule has 0 aliphatic carbocycles. The van der Waals surface area contributed by atoms with Gasteiger partial charge >= 0.3 is 11.9 Å². The summed E-state index contributed by atoms with van der Waals surface area (Å²) in [5.74, 6) is -0.851. The fraction of sp³-hybridized carbons (Fsp3) is 0.373. The summed E-state index contributed by atoms with van der Waals surface area (Å²) >= 11 is 0. The summed E-state index contributed by atoms with van der Waals surface area (Å²) in [7, 11) is 0. The van der Waals surface area contributed by atoms with Crippen LogP contribution in [0.15, 0.2) is 231 Å². The molecule has 630 valence electrons. The van der Waals surface area contributed by atoms with Gasteiger partial charge in [-0.15, -0.1) is 0 Å². The van der Waals surface area contributed by atoms with Crippen LogP contribution in [0.5, 0.6) is 0 Å². The van der Waals surface area contributed by atoms with Crippen LogP contribution in [0.2, 0.25) is 0 Å². The summed E-state index contributed by atoms with van der Waals surface area (Å²) in [6.45, 7) is 16.1. The fourth-order valence-electron chi connectivity index (χ4n) is 15.2. The number of esters is 2. The molecule has 5 saturated heterocycles. The van der Waals surface area contributed by atoms with Gasteiger partial charge in [0.15, 0.2) is 0 Å². The lowest BCUT2D eigenvalue weighted by Gasteiger charge is -2.22. The molecule has 2 N–H and O–H groups in total. The first-order chi connectivity index (χ1) is 58.9. The Morgan fingerprint density at radius 3 is 1.04 bits per heavy atom. The van der Waals surface area contributed by atoms with Crippen molar-refractivity contribution in [3.63, 3.8) is 0 Å². The van der Waals surface area contributed by atoms with Crippen molar-refractivity contribution in [2.45, 2.75) is 168 Å². The highest BCUT2D eigenvalue weighted by molar-refractivity contribution is 6.03. The van der Waals surface area contributed by atoms with E-state index in [4.69, 9.17) is 9.47 Å². The van der Waals surface area contributed by atoms with Gasteiger partial charge in [-0.25, -0.2) is 9.18 Å². The summed E-state index contributed by atoms with van der Waals surface area (Å²) < 4.78 is 21.9. The number of amides is 2. The molecule has 0 atom stereocenters. The average molecular weight is 1620 g/mol. The summed E-state index contributed by atoms with van der Waals surface area (Å²) in [6, 6.07) is 67.1. The van der Waals surface area contributed by atoms with Gasteiger partial charge in [-0.1, -0.05) is 149 Å². The minimum atomic E-state index is -0.319. The van der Waals surface area contributed by atoms with Crippen LogP contribution in [0.1, 0.15) is 198 Å². The van der Waals surface area contributed by atoms with Crippen LogP contribution >= 0.6 is 0 Å². The van der Waals surface area contributed by atoms with Crippen molar-refractivity contribution in [3.05, 3.63) is 270 Å². The number of benzene rings is 8. The van der Waals surface area contributed by atoms with E-state index in [2.05, 4.69) is 154 Å². The predicted octanol–water partition coefficient (Wildman–Crippen LogP) is 22.2. The number of fused-ring (bicyclic) bond motifs is 2. The molecule has 0 radical (unpaired) electrons. The van der Waals surface area contributed by atoms with Gasteiger partial charge in [-0.3, -0.25) is 33.9 Å². The number of hydrogen-bond acceptors (Lipinski definition) is 15. The first-order valence-electron chi connectivity index (χ1n) is 43.7. The molecule has 18 heteroatoms. The SMILES string of the molecule is CCOC(=O)/C=C/c1ccc(N2CCCCCC2)cc1.CCOC(=O)CCc1ccc(N2CCCCCC2)cc1.O=C(/C=C/c1ccc(N2CCCCCC2)cc1)Nc1cnc2ccccc2c1.O=C(CCc1ccc(N2CCCCCC2)cc1)Nc1cnc2ccccc2c1.O=Cc1ccc(F)cc1.O=Cc1ccc(N2CCCCCC2)cc1. The molecule has 5 aliphatic heterocycles. The molecule has 0 bridgehead atoms. The van der Waals surface area contributed by atoms with Gasteiger partial charge in [0.05, 0.1) is 48.0 Å². The van der Waals surface area contributed by atoms with E-state index < -0.39 is 0 Å². The van der Waals surface area contributed by atoms with Crippen molar-refractivity contribution in [3.8, 4) is 0 Å². The minimum Gasteiger partial charge on any atom is -0.466 e. The van der Waals surface area contributed by atoms with Crippen LogP contribution in [0.25, 0.3) is 34.0 Å². The number of aromatic nitrogens is 2. The molecule has 7 heterocycles. The number of pyridine rings is 2. The van der Waals surface area contributed by atoms with Gasteiger partial charge < -0.3 is 44.6 Å². The fourth-order valence-corrected chi connectivity index (χ4v) is 15.2. The van der Waals surface area contributed by atoms with Crippen LogP contribution < -0.4 is 35.1 Å². The molecule has 15 rings (SSSR count). The molecule has 0 saturated carbocycles. The van der Waals surface area contributed by atoms with Crippen LogP contribution in [-0.4, -0.2) is 125 Å². The second kappa shape index (κ2) is 51.5. The Hall–Kier alpha value is -11.8. The number of ether oxygens (including phenoxy) is 2. The lowest BCUT2D eigenvalue weighted by Crippen LogP contribution is -2.23. The van der Waals surface area contributed by atoms with Crippen molar-refractivity contribution < 1.29 is 42.6 Å². The number of nitrogens with one attached hydrogen (secondary N) is 2. The van der Waals surface area contributed by atoms with Gasteiger partial charge in [0.25, 0.3) is 0 Å². The first kappa shape index (κ1) is 90.5. The second-order valence-electron chi connectivity index (χ2n) is 31.0. The van der Waals surface area contributed by atoms with Crippen molar-refractivity contribution in [1.82, 2.24) is 9.97 Å². The van der Waals surface area contributed by atoms with Crippen LogP contribution in [-0.2, 0) is 41.5 Å². The molecule has 17 nitrogen and oxygen atoms in total. The van der Waals surface area contributed by atoms with E-state index in [1.165, 1.54) is 211 Å². The third-order valence-electron chi connectivity index (χ3n) is 22.0. The summed E-state index contributed by atoms with van der Waals surface area (Å²) in [5, 5.41) is 7.88. The monoisotopic (exact) mass is 1620 g/mol. The maximum Gasteiger partial charge on any atom is 0.330 e. The van der Waals surface area contributed by atoms with Crippen molar-refractivity contribution in [1.29, 1.82) is 0 Å². The molecule has 0 unspecified atom stereocenters. The van der Waals surface area contributed by atoms with Crippen molar-refractivity contribution in [2.75, 3.05) is 114 Å². The molecule has 120 heavy (non-hydrogen) atoms. The molecular formula is C102H122FN9O8. The van der Waals surface area contributed by atoms with E-state index in [1.807, 2.05) is 92.7 Å². The zero-order chi connectivity index (χ0) is 84.0. The normalized spacial score (nSPS) is 15.0. The number of para-hydroxylation sites is 2. The third-order valence-corrected chi connectivity index (χ3v) is 22.0. The Labute approximate surface area is 710 Å². The molecule has 2 amide bonds. The number of rotatable bonds is 21. The highest BCUT2D eigenvalue weighted by Crippen LogP contribution is 2.28. The van der Waals surface area contributed by atoms with E-state index >= 15 is 0 Å². The van der Waals surface area contributed by atoms with E-state index in [-0.39, 0.29) is 29.6 Å². The highest BCUT2D eigenvalue weighted by Gasteiger charge is 2.16. The number of aryl methyl sites for hydroxylation is 2. The van der Waals surface area contributed by atoms with E-state index in [9.17, 15) is 33.2 Å². The number of hydrogen-bond donors (Lipinski definition) is 2. The smallest absolute Gasteiger partial charge is 0.330 e. The lowest BCUT2D eigenvalue weighted by molar-refractivity contribution is -0.143. The Balaban J connectivity index is 0.000000156. The summed E-state index contributed by atoms with van der Waals surface area (Å²) in [5.41, 5.74) is 15.4. The van der Waals surface area contributed by atoms with Gasteiger partial charge in [0, 0.05) is 141 Å². The van der Waals surface area contributed by atoms with E-state index in [1.54, 1.807) is 24.5 Å². The molecule has 2 aromatic heterocycles.